The van der Waals surface area contributed by atoms with Gasteiger partial charge >= 0.3 is 0 Å². The van der Waals surface area contributed by atoms with Gasteiger partial charge < -0.3 is 15.1 Å². The molecule has 0 radical (unpaired) electrons. The van der Waals surface area contributed by atoms with Gasteiger partial charge in [0.05, 0.1) is 12.8 Å². The minimum absolute atomic E-state index is 0.768. The lowest BCUT2D eigenvalue weighted by atomic mass is 9.98. The van der Waals surface area contributed by atoms with Crippen LogP contribution in [0.5, 0.6) is 0 Å². The van der Waals surface area contributed by atoms with E-state index in [0.29, 0.717) is 0 Å². The highest BCUT2D eigenvalue weighted by atomic mass is 16.3. The summed E-state index contributed by atoms with van der Waals surface area (Å²) < 4.78 is 5.25. The van der Waals surface area contributed by atoms with E-state index in [2.05, 4.69) is 17.6 Å². The van der Waals surface area contributed by atoms with Crippen LogP contribution in [-0.2, 0) is 6.54 Å². The quantitative estimate of drug-likeness (QED) is 0.757. The van der Waals surface area contributed by atoms with Crippen molar-refractivity contribution in [3.8, 4) is 0 Å². The van der Waals surface area contributed by atoms with Crippen molar-refractivity contribution in [3.05, 3.63) is 24.2 Å². The molecular formula is C11H18N2O. The highest BCUT2D eigenvalue weighted by molar-refractivity contribution is 4.97. The molecule has 1 saturated heterocycles. The van der Waals surface area contributed by atoms with E-state index in [4.69, 9.17) is 4.42 Å². The third-order valence-electron chi connectivity index (χ3n) is 2.96. The van der Waals surface area contributed by atoms with Gasteiger partial charge in [-0.25, -0.2) is 0 Å². The van der Waals surface area contributed by atoms with Gasteiger partial charge in [-0.15, -0.1) is 0 Å². The van der Waals surface area contributed by atoms with E-state index < -0.39 is 0 Å². The molecule has 0 bridgehead atoms. The Morgan fingerprint density at radius 2 is 2.50 bits per heavy atom. The van der Waals surface area contributed by atoms with Crippen LogP contribution in [0.25, 0.3) is 0 Å². The molecule has 1 aromatic rings. The van der Waals surface area contributed by atoms with E-state index in [9.17, 15) is 0 Å². The molecule has 2 rings (SSSR count). The molecule has 2 heterocycles. The first kappa shape index (κ1) is 9.74. The van der Waals surface area contributed by atoms with Crippen molar-refractivity contribution in [2.75, 3.05) is 19.6 Å². The van der Waals surface area contributed by atoms with Crippen molar-refractivity contribution in [3.63, 3.8) is 0 Å². The zero-order chi connectivity index (χ0) is 9.80. The summed E-state index contributed by atoms with van der Waals surface area (Å²) in [5, 5.41) is 6.83. The lowest BCUT2D eigenvalue weighted by molar-refractivity contribution is 0.402. The maximum absolute atomic E-state index is 5.25. The summed E-state index contributed by atoms with van der Waals surface area (Å²) in [7, 11) is 0. The van der Waals surface area contributed by atoms with Crippen molar-refractivity contribution >= 4 is 0 Å². The third-order valence-corrected chi connectivity index (χ3v) is 2.96. The monoisotopic (exact) mass is 194 g/mol. The molecule has 14 heavy (non-hydrogen) atoms. The second kappa shape index (κ2) is 4.62. The number of hydrogen-bond donors (Lipinski definition) is 2. The lowest BCUT2D eigenvalue weighted by Gasteiger charge is -2.13. The normalized spacial score (nSPS) is 26.9. The van der Waals surface area contributed by atoms with Crippen LogP contribution in [0.3, 0.4) is 0 Å². The van der Waals surface area contributed by atoms with Crippen LogP contribution in [0.4, 0.5) is 0 Å². The van der Waals surface area contributed by atoms with E-state index in [1.165, 1.54) is 0 Å². The molecule has 2 N–H and O–H groups in total. The van der Waals surface area contributed by atoms with Crippen LogP contribution >= 0.6 is 0 Å². The van der Waals surface area contributed by atoms with Gasteiger partial charge in [-0.3, -0.25) is 0 Å². The highest BCUT2D eigenvalue weighted by Crippen LogP contribution is 2.14. The Hall–Kier alpha value is -0.800. The summed E-state index contributed by atoms with van der Waals surface area (Å²) in [5.74, 6) is 2.58. The smallest absolute Gasteiger partial charge is 0.117 e. The van der Waals surface area contributed by atoms with Crippen LogP contribution in [-0.4, -0.2) is 19.6 Å². The summed E-state index contributed by atoms with van der Waals surface area (Å²) >= 11 is 0. The second-order valence-corrected chi connectivity index (χ2v) is 4.11. The first-order valence-corrected chi connectivity index (χ1v) is 5.30. The van der Waals surface area contributed by atoms with E-state index in [1.807, 2.05) is 12.1 Å². The van der Waals surface area contributed by atoms with Gasteiger partial charge in [-0.2, -0.15) is 0 Å². The molecule has 0 aliphatic carbocycles. The van der Waals surface area contributed by atoms with E-state index in [-0.39, 0.29) is 0 Å². The summed E-state index contributed by atoms with van der Waals surface area (Å²) in [4.78, 5) is 0. The largest absolute Gasteiger partial charge is 0.468 e. The van der Waals surface area contributed by atoms with Gasteiger partial charge in [0.2, 0.25) is 0 Å². The molecule has 1 aliphatic rings. The SMILES string of the molecule is C[C@@H]1CNC[C@H]1CNCc1ccco1. The Morgan fingerprint density at radius 1 is 1.57 bits per heavy atom. The zero-order valence-corrected chi connectivity index (χ0v) is 8.62. The van der Waals surface area contributed by atoms with Crippen LogP contribution < -0.4 is 10.6 Å². The minimum atomic E-state index is 0.768. The third kappa shape index (κ3) is 2.36. The first-order chi connectivity index (χ1) is 6.86. The first-order valence-electron chi connectivity index (χ1n) is 5.30. The van der Waals surface area contributed by atoms with Crippen molar-refractivity contribution in [1.82, 2.24) is 10.6 Å². The number of nitrogens with one attached hydrogen (secondary N) is 2. The maximum atomic E-state index is 5.25. The molecule has 2 atom stereocenters. The maximum Gasteiger partial charge on any atom is 0.117 e. The Morgan fingerprint density at radius 3 is 3.14 bits per heavy atom. The average molecular weight is 194 g/mol. The molecule has 3 heteroatoms. The fourth-order valence-electron chi connectivity index (χ4n) is 1.93. The Bertz CT molecular complexity index is 258. The summed E-state index contributed by atoms with van der Waals surface area (Å²) in [6.07, 6.45) is 1.72. The number of furan rings is 1. The molecule has 78 valence electrons. The van der Waals surface area contributed by atoms with Gasteiger partial charge in [0.1, 0.15) is 5.76 Å². The molecule has 0 saturated carbocycles. The number of hydrogen-bond acceptors (Lipinski definition) is 3. The topological polar surface area (TPSA) is 37.2 Å². The molecule has 1 aliphatic heterocycles. The molecule has 1 fully saturated rings. The predicted molar refractivity (Wildman–Crippen MR) is 55.9 cm³/mol. The second-order valence-electron chi connectivity index (χ2n) is 4.11. The van der Waals surface area contributed by atoms with E-state index in [1.54, 1.807) is 6.26 Å². The van der Waals surface area contributed by atoms with Crippen molar-refractivity contribution in [2.24, 2.45) is 11.8 Å². The minimum Gasteiger partial charge on any atom is -0.468 e. The fraction of sp³-hybridized carbons (Fsp3) is 0.636. The predicted octanol–water partition coefficient (Wildman–Crippen LogP) is 1.22. The van der Waals surface area contributed by atoms with E-state index in [0.717, 1.165) is 43.8 Å². The van der Waals surface area contributed by atoms with Gasteiger partial charge in [-0.1, -0.05) is 6.92 Å². The van der Waals surface area contributed by atoms with Crippen LogP contribution in [0, 0.1) is 11.8 Å². The zero-order valence-electron chi connectivity index (χ0n) is 8.62. The van der Waals surface area contributed by atoms with Crippen molar-refractivity contribution in [2.45, 2.75) is 13.5 Å². The molecule has 0 aromatic carbocycles. The van der Waals surface area contributed by atoms with Crippen molar-refractivity contribution < 1.29 is 4.42 Å². The Labute approximate surface area is 84.9 Å². The summed E-state index contributed by atoms with van der Waals surface area (Å²) in [5.41, 5.74) is 0. The molecule has 0 spiro atoms. The molecule has 0 unspecified atom stereocenters. The van der Waals surface area contributed by atoms with Gasteiger partial charge in [-0.05, 0) is 43.6 Å². The average Bonchev–Trinajstić information content (AvgIpc) is 2.78. The van der Waals surface area contributed by atoms with Gasteiger partial charge in [0.25, 0.3) is 0 Å². The van der Waals surface area contributed by atoms with Crippen LogP contribution in [0.2, 0.25) is 0 Å². The van der Waals surface area contributed by atoms with Gasteiger partial charge in [0.15, 0.2) is 0 Å². The number of rotatable bonds is 4. The standard InChI is InChI=1S/C11H18N2O/c1-9-5-12-6-10(9)7-13-8-11-3-2-4-14-11/h2-4,9-10,12-13H,5-8H2,1H3/t9-,10+/m1/s1. The molecule has 0 amide bonds. The Kier molecular flexibility index (Phi) is 3.22. The highest BCUT2D eigenvalue weighted by Gasteiger charge is 2.22. The van der Waals surface area contributed by atoms with Crippen LogP contribution in [0.1, 0.15) is 12.7 Å². The molecular weight excluding hydrogens is 176 g/mol. The fourth-order valence-corrected chi connectivity index (χ4v) is 1.93. The van der Waals surface area contributed by atoms with Crippen molar-refractivity contribution in [1.29, 1.82) is 0 Å². The summed E-state index contributed by atoms with van der Waals surface area (Å²) in [6, 6.07) is 3.93. The molecule has 1 aromatic heterocycles. The molecule has 3 nitrogen and oxygen atoms in total. The summed E-state index contributed by atoms with van der Waals surface area (Å²) in [6.45, 7) is 6.53. The van der Waals surface area contributed by atoms with Crippen LogP contribution in [0.15, 0.2) is 22.8 Å². The van der Waals surface area contributed by atoms with E-state index >= 15 is 0 Å². The van der Waals surface area contributed by atoms with Gasteiger partial charge in [0, 0.05) is 0 Å². The Balaban J connectivity index is 1.68. The lowest BCUT2D eigenvalue weighted by Crippen LogP contribution is -2.26.